The lowest BCUT2D eigenvalue weighted by atomic mass is 10.0. The molecule has 0 radical (unpaired) electrons. The van der Waals surface area contributed by atoms with E-state index in [-0.39, 0.29) is 6.04 Å². The maximum Gasteiger partial charge on any atom is 0.119 e. The van der Waals surface area contributed by atoms with Crippen LogP contribution in [0.25, 0.3) is 0 Å². The highest BCUT2D eigenvalue weighted by molar-refractivity contribution is 9.10. The average Bonchev–Trinajstić information content (AvgIpc) is 2.20. The normalized spacial score (nSPS) is 15.1. The van der Waals surface area contributed by atoms with Crippen molar-refractivity contribution in [1.82, 2.24) is 5.32 Å². The summed E-state index contributed by atoms with van der Waals surface area (Å²) in [6.45, 7) is 1.85. The zero-order valence-electron chi connectivity index (χ0n) is 8.43. The summed E-state index contributed by atoms with van der Waals surface area (Å²) in [5.41, 5.74) is 1.03. The molecule has 0 saturated heterocycles. The lowest BCUT2D eigenvalue weighted by Crippen LogP contribution is -2.33. The first kappa shape index (κ1) is 11.7. The molecule has 2 unspecified atom stereocenters. The van der Waals surface area contributed by atoms with Crippen molar-refractivity contribution in [3.8, 4) is 0 Å². The van der Waals surface area contributed by atoms with Crippen LogP contribution in [-0.2, 0) is 6.42 Å². The van der Waals surface area contributed by atoms with Gasteiger partial charge >= 0.3 is 0 Å². The fraction of sp³-hybridized carbons (Fsp3) is 0.455. The SMILES string of the molecule is CNC(C)C(F)Cc1ccc(Br)cc1. The third kappa shape index (κ3) is 3.39. The molecule has 0 heterocycles. The Bertz CT molecular complexity index is 273. The molecule has 78 valence electrons. The van der Waals surface area contributed by atoms with E-state index < -0.39 is 6.17 Å². The van der Waals surface area contributed by atoms with Crippen molar-refractivity contribution >= 4 is 15.9 Å². The van der Waals surface area contributed by atoms with Crippen molar-refractivity contribution in [2.24, 2.45) is 0 Å². The Morgan fingerprint density at radius 1 is 1.36 bits per heavy atom. The van der Waals surface area contributed by atoms with Crippen LogP contribution in [0.2, 0.25) is 0 Å². The zero-order chi connectivity index (χ0) is 10.6. The Hall–Kier alpha value is -0.410. The van der Waals surface area contributed by atoms with Gasteiger partial charge in [-0.15, -0.1) is 0 Å². The van der Waals surface area contributed by atoms with Crippen LogP contribution in [0.15, 0.2) is 28.7 Å². The highest BCUT2D eigenvalue weighted by Gasteiger charge is 2.14. The second-order valence-corrected chi connectivity index (χ2v) is 4.34. The van der Waals surface area contributed by atoms with Crippen LogP contribution < -0.4 is 5.32 Å². The average molecular weight is 260 g/mol. The minimum atomic E-state index is -0.832. The van der Waals surface area contributed by atoms with Crippen LogP contribution >= 0.6 is 15.9 Å². The van der Waals surface area contributed by atoms with E-state index in [4.69, 9.17) is 0 Å². The number of hydrogen-bond acceptors (Lipinski definition) is 1. The van der Waals surface area contributed by atoms with Gasteiger partial charge in [0.25, 0.3) is 0 Å². The Balaban J connectivity index is 2.56. The summed E-state index contributed by atoms with van der Waals surface area (Å²) < 4.78 is 14.5. The molecule has 0 aliphatic heterocycles. The number of benzene rings is 1. The maximum atomic E-state index is 13.5. The first-order chi connectivity index (χ1) is 6.63. The Labute approximate surface area is 92.8 Å². The molecule has 1 aromatic carbocycles. The molecule has 2 atom stereocenters. The quantitative estimate of drug-likeness (QED) is 0.877. The summed E-state index contributed by atoms with van der Waals surface area (Å²) in [5.74, 6) is 0. The molecular formula is C11H15BrFN. The first-order valence-corrected chi connectivity index (χ1v) is 5.48. The minimum absolute atomic E-state index is 0.0985. The standard InChI is InChI=1S/C11H15BrFN/c1-8(14-2)11(13)7-9-3-5-10(12)6-4-9/h3-6,8,11,14H,7H2,1-2H3. The number of alkyl halides is 1. The van der Waals surface area contributed by atoms with Gasteiger partial charge in [-0.3, -0.25) is 0 Å². The molecule has 0 aliphatic rings. The summed E-state index contributed by atoms with van der Waals surface area (Å²) in [5, 5.41) is 2.91. The van der Waals surface area contributed by atoms with E-state index in [1.54, 1.807) is 7.05 Å². The van der Waals surface area contributed by atoms with Crippen LogP contribution in [0.1, 0.15) is 12.5 Å². The van der Waals surface area contributed by atoms with Gasteiger partial charge in [0, 0.05) is 16.9 Å². The molecule has 14 heavy (non-hydrogen) atoms. The second-order valence-electron chi connectivity index (χ2n) is 3.42. The van der Waals surface area contributed by atoms with Gasteiger partial charge in [0.15, 0.2) is 0 Å². The largest absolute Gasteiger partial charge is 0.314 e. The third-order valence-corrected chi connectivity index (χ3v) is 2.87. The molecule has 0 aromatic heterocycles. The zero-order valence-corrected chi connectivity index (χ0v) is 10.0. The summed E-state index contributed by atoms with van der Waals surface area (Å²) >= 11 is 3.35. The molecule has 1 nitrogen and oxygen atoms in total. The Kier molecular flexibility index (Phi) is 4.55. The number of halogens is 2. The molecule has 0 amide bonds. The van der Waals surface area contributed by atoms with Crippen LogP contribution in [-0.4, -0.2) is 19.3 Å². The second kappa shape index (κ2) is 5.47. The van der Waals surface area contributed by atoms with Crippen molar-refractivity contribution in [1.29, 1.82) is 0 Å². The Morgan fingerprint density at radius 3 is 2.43 bits per heavy atom. The highest BCUT2D eigenvalue weighted by Crippen LogP contribution is 2.14. The van der Waals surface area contributed by atoms with E-state index in [1.807, 2.05) is 31.2 Å². The lowest BCUT2D eigenvalue weighted by Gasteiger charge is -2.15. The molecule has 0 saturated carbocycles. The highest BCUT2D eigenvalue weighted by atomic mass is 79.9. The molecule has 1 aromatic rings. The molecule has 1 N–H and O–H groups in total. The molecule has 0 fully saturated rings. The van der Waals surface area contributed by atoms with Gasteiger partial charge in [0.2, 0.25) is 0 Å². The van der Waals surface area contributed by atoms with Crippen molar-refractivity contribution < 1.29 is 4.39 Å². The van der Waals surface area contributed by atoms with Gasteiger partial charge in [-0.25, -0.2) is 4.39 Å². The topological polar surface area (TPSA) is 12.0 Å². The van der Waals surface area contributed by atoms with Gasteiger partial charge in [-0.1, -0.05) is 28.1 Å². The Morgan fingerprint density at radius 2 is 1.93 bits per heavy atom. The molecule has 0 spiro atoms. The predicted octanol–water partition coefficient (Wildman–Crippen LogP) is 2.94. The first-order valence-electron chi connectivity index (χ1n) is 4.69. The van der Waals surface area contributed by atoms with Crippen LogP contribution in [0.3, 0.4) is 0 Å². The van der Waals surface area contributed by atoms with E-state index in [1.165, 1.54) is 0 Å². The van der Waals surface area contributed by atoms with Gasteiger partial charge in [0.1, 0.15) is 6.17 Å². The summed E-state index contributed by atoms with van der Waals surface area (Å²) in [7, 11) is 1.78. The van der Waals surface area contributed by atoms with Crippen LogP contribution in [0, 0.1) is 0 Å². The summed E-state index contributed by atoms with van der Waals surface area (Å²) in [6, 6.07) is 7.66. The number of rotatable bonds is 4. The van der Waals surface area contributed by atoms with Crippen molar-refractivity contribution in [2.75, 3.05) is 7.05 Å². The number of hydrogen-bond donors (Lipinski definition) is 1. The molecule has 1 rings (SSSR count). The van der Waals surface area contributed by atoms with Gasteiger partial charge in [0.05, 0.1) is 0 Å². The van der Waals surface area contributed by atoms with E-state index in [2.05, 4.69) is 21.2 Å². The molecular weight excluding hydrogens is 245 g/mol. The molecule has 0 aliphatic carbocycles. The van der Waals surface area contributed by atoms with Crippen molar-refractivity contribution in [2.45, 2.75) is 25.6 Å². The van der Waals surface area contributed by atoms with E-state index in [9.17, 15) is 4.39 Å². The van der Waals surface area contributed by atoms with E-state index >= 15 is 0 Å². The lowest BCUT2D eigenvalue weighted by molar-refractivity contribution is 0.267. The predicted molar refractivity (Wildman–Crippen MR) is 61.3 cm³/mol. The van der Waals surface area contributed by atoms with Gasteiger partial charge in [-0.2, -0.15) is 0 Å². The van der Waals surface area contributed by atoms with Crippen LogP contribution in [0.4, 0.5) is 4.39 Å². The minimum Gasteiger partial charge on any atom is -0.314 e. The smallest absolute Gasteiger partial charge is 0.119 e. The third-order valence-electron chi connectivity index (χ3n) is 2.34. The van der Waals surface area contributed by atoms with Crippen molar-refractivity contribution in [3.05, 3.63) is 34.3 Å². The fourth-order valence-corrected chi connectivity index (χ4v) is 1.47. The van der Waals surface area contributed by atoms with Crippen LogP contribution in [0.5, 0.6) is 0 Å². The summed E-state index contributed by atoms with van der Waals surface area (Å²) in [4.78, 5) is 0. The summed E-state index contributed by atoms with van der Waals surface area (Å²) in [6.07, 6.45) is -0.365. The van der Waals surface area contributed by atoms with E-state index in [0.717, 1.165) is 10.0 Å². The molecule has 0 bridgehead atoms. The monoisotopic (exact) mass is 259 g/mol. The van der Waals surface area contributed by atoms with E-state index in [0.29, 0.717) is 6.42 Å². The van der Waals surface area contributed by atoms with Gasteiger partial charge < -0.3 is 5.32 Å². The maximum absolute atomic E-state index is 13.5. The fourth-order valence-electron chi connectivity index (χ4n) is 1.20. The number of nitrogens with one attached hydrogen (secondary N) is 1. The molecule has 3 heteroatoms. The van der Waals surface area contributed by atoms with Crippen molar-refractivity contribution in [3.63, 3.8) is 0 Å². The van der Waals surface area contributed by atoms with Gasteiger partial charge in [-0.05, 0) is 31.7 Å².